The van der Waals surface area contributed by atoms with Gasteiger partial charge in [-0.05, 0) is 63.1 Å². The average molecular weight is 420 g/mol. The lowest BCUT2D eigenvalue weighted by Gasteiger charge is -2.28. The van der Waals surface area contributed by atoms with E-state index in [1.54, 1.807) is 17.1 Å². The Balaban J connectivity index is 1.24. The van der Waals surface area contributed by atoms with E-state index in [1.165, 1.54) is 24.8 Å². The van der Waals surface area contributed by atoms with Crippen molar-refractivity contribution in [1.82, 2.24) is 30.3 Å². The number of hydrogen-bond donors (Lipinski definition) is 2. The highest BCUT2D eigenvalue weighted by atomic mass is 16.1. The highest BCUT2D eigenvalue weighted by molar-refractivity contribution is 5.94. The molecule has 0 bridgehead atoms. The Hall–Kier alpha value is -3.16. The van der Waals surface area contributed by atoms with Gasteiger partial charge < -0.3 is 10.2 Å². The number of amides is 1. The van der Waals surface area contributed by atoms with Gasteiger partial charge in [0.1, 0.15) is 5.82 Å². The van der Waals surface area contributed by atoms with Crippen molar-refractivity contribution in [3.8, 4) is 0 Å². The molecule has 5 rings (SSSR count). The van der Waals surface area contributed by atoms with Crippen LogP contribution < -0.4 is 10.2 Å². The van der Waals surface area contributed by atoms with Crippen molar-refractivity contribution in [3.63, 3.8) is 0 Å². The molecule has 1 aliphatic carbocycles. The van der Waals surface area contributed by atoms with Crippen LogP contribution in [0.5, 0.6) is 0 Å². The Morgan fingerprint density at radius 1 is 1.23 bits per heavy atom. The molecule has 3 aromatic heterocycles. The molecule has 0 unspecified atom stereocenters. The number of carbonyl (C=O) groups is 1. The minimum Gasteiger partial charge on any atom is -0.357 e. The van der Waals surface area contributed by atoms with Gasteiger partial charge in [0.15, 0.2) is 0 Å². The second-order valence-electron chi connectivity index (χ2n) is 8.67. The van der Waals surface area contributed by atoms with Crippen LogP contribution >= 0.6 is 0 Å². The van der Waals surface area contributed by atoms with Gasteiger partial charge in [0.25, 0.3) is 5.91 Å². The van der Waals surface area contributed by atoms with E-state index >= 15 is 0 Å². The fourth-order valence-electron chi connectivity index (χ4n) is 4.67. The van der Waals surface area contributed by atoms with Crippen LogP contribution in [0.3, 0.4) is 0 Å². The smallest absolute Gasteiger partial charge is 0.255 e. The van der Waals surface area contributed by atoms with Crippen LogP contribution in [-0.2, 0) is 13.0 Å². The highest BCUT2D eigenvalue weighted by Crippen LogP contribution is 2.31. The van der Waals surface area contributed by atoms with E-state index in [4.69, 9.17) is 4.98 Å². The van der Waals surface area contributed by atoms with E-state index in [2.05, 4.69) is 37.6 Å². The zero-order valence-corrected chi connectivity index (χ0v) is 18.2. The second-order valence-corrected chi connectivity index (χ2v) is 8.67. The maximum absolute atomic E-state index is 12.7. The van der Waals surface area contributed by atoms with Crippen molar-refractivity contribution in [3.05, 3.63) is 58.3 Å². The normalized spacial score (nSPS) is 18.3. The first-order valence-corrected chi connectivity index (χ1v) is 11.2. The third-order valence-corrected chi connectivity index (χ3v) is 6.51. The highest BCUT2D eigenvalue weighted by Gasteiger charge is 2.28. The van der Waals surface area contributed by atoms with Crippen LogP contribution in [0.2, 0.25) is 0 Å². The quantitative estimate of drug-likeness (QED) is 0.663. The SMILES string of the molecule is Cc1nc(N2CCCCC2)ccc1Cn1cc(C(=O)N[C@@H]2CCc3c2n[nH]c3C)cn1. The standard InChI is InChI=1S/C23H29N7O/c1-15-17(6-9-21(25-15)29-10-4-3-5-11-29)13-30-14-18(12-24-30)23(31)26-20-8-7-19-16(2)27-28-22(19)20/h6,9,12,14,20H,3-5,7-8,10-11,13H2,1-2H3,(H,26,31)(H,27,28)/t20-/m1/s1. The lowest BCUT2D eigenvalue weighted by Crippen LogP contribution is -2.30. The Bertz CT molecular complexity index is 1090. The Morgan fingerprint density at radius 3 is 2.87 bits per heavy atom. The first kappa shape index (κ1) is 19.8. The summed E-state index contributed by atoms with van der Waals surface area (Å²) in [6.45, 7) is 6.84. The summed E-state index contributed by atoms with van der Waals surface area (Å²) >= 11 is 0. The number of fused-ring (bicyclic) bond motifs is 1. The summed E-state index contributed by atoms with van der Waals surface area (Å²) < 4.78 is 1.80. The molecule has 4 heterocycles. The lowest BCUT2D eigenvalue weighted by molar-refractivity contribution is 0.0936. The number of pyridine rings is 1. The van der Waals surface area contributed by atoms with E-state index in [9.17, 15) is 4.79 Å². The number of aryl methyl sites for hydroxylation is 2. The van der Waals surface area contributed by atoms with Crippen molar-refractivity contribution >= 4 is 11.7 Å². The summed E-state index contributed by atoms with van der Waals surface area (Å²) in [6.07, 6.45) is 9.06. The molecule has 31 heavy (non-hydrogen) atoms. The Morgan fingerprint density at radius 2 is 2.06 bits per heavy atom. The Labute approximate surface area is 182 Å². The summed E-state index contributed by atoms with van der Waals surface area (Å²) in [6, 6.07) is 4.20. The van der Waals surface area contributed by atoms with E-state index in [0.717, 1.165) is 54.4 Å². The number of H-pyrrole nitrogens is 1. The minimum absolute atomic E-state index is 0.0374. The van der Waals surface area contributed by atoms with Gasteiger partial charge in [-0.3, -0.25) is 14.6 Å². The van der Waals surface area contributed by atoms with E-state index in [-0.39, 0.29) is 11.9 Å². The molecule has 0 spiro atoms. The van der Waals surface area contributed by atoms with Crippen LogP contribution in [0.4, 0.5) is 5.82 Å². The number of aromatic nitrogens is 5. The summed E-state index contributed by atoms with van der Waals surface area (Å²) in [5.41, 5.74) is 5.98. The zero-order valence-electron chi connectivity index (χ0n) is 18.2. The van der Waals surface area contributed by atoms with Crippen molar-refractivity contribution < 1.29 is 4.79 Å². The third-order valence-electron chi connectivity index (χ3n) is 6.51. The number of carbonyl (C=O) groups excluding carboxylic acids is 1. The summed E-state index contributed by atoms with van der Waals surface area (Å²) in [5.74, 6) is 0.950. The first-order chi connectivity index (χ1) is 15.1. The van der Waals surface area contributed by atoms with Crippen molar-refractivity contribution in [2.45, 2.75) is 58.5 Å². The Kier molecular flexibility index (Phi) is 5.21. The number of piperidine rings is 1. The molecule has 0 aromatic carbocycles. The van der Waals surface area contributed by atoms with Gasteiger partial charge >= 0.3 is 0 Å². The lowest BCUT2D eigenvalue weighted by atomic mass is 10.1. The molecule has 1 fully saturated rings. The molecule has 0 radical (unpaired) electrons. The van der Waals surface area contributed by atoms with Crippen molar-refractivity contribution in [1.29, 1.82) is 0 Å². The number of nitrogens with one attached hydrogen (secondary N) is 2. The van der Waals surface area contributed by atoms with E-state index < -0.39 is 0 Å². The summed E-state index contributed by atoms with van der Waals surface area (Å²) in [7, 11) is 0. The van der Waals surface area contributed by atoms with Gasteiger partial charge in [0.2, 0.25) is 0 Å². The number of aromatic amines is 1. The van der Waals surface area contributed by atoms with Gasteiger partial charge in [-0.25, -0.2) is 4.98 Å². The van der Waals surface area contributed by atoms with Crippen molar-refractivity contribution in [2.24, 2.45) is 0 Å². The number of rotatable bonds is 5. The van der Waals surface area contributed by atoms with Gasteiger partial charge in [-0.1, -0.05) is 6.07 Å². The van der Waals surface area contributed by atoms with Crippen LogP contribution in [-0.4, -0.2) is 44.0 Å². The molecule has 3 aromatic rings. The average Bonchev–Trinajstić information content (AvgIpc) is 3.49. The molecule has 1 amide bonds. The monoisotopic (exact) mass is 419 g/mol. The minimum atomic E-state index is -0.111. The maximum atomic E-state index is 12.7. The molecule has 8 heteroatoms. The molecule has 2 aliphatic rings. The van der Waals surface area contributed by atoms with Gasteiger partial charge in [-0.15, -0.1) is 0 Å². The van der Waals surface area contributed by atoms with E-state index in [0.29, 0.717) is 12.1 Å². The predicted octanol–water partition coefficient (Wildman–Crippen LogP) is 3.07. The molecule has 0 saturated carbocycles. The maximum Gasteiger partial charge on any atom is 0.255 e. The number of nitrogens with zero attached hydrogens (tertiary/aromatic N) is 5. The van der Waals surface area contributed by atoms with Crippen LogP contribution in [0.25, 0.3) is 0 Å². The molecule has 8 nitrogen and oxygen atoms in total. The van der Waals surface area contributed by atoms with E-state index in [1.807, 2.05) is 13.8 Å². The molecular weight excluding hydrogens is 390 g/mol. The first-order valence-electron chi connectivity index (χ1n) is 11.2. The fourth-order valence-corrected chi connectivity index (χ4v) is 4.67. The second kappa shape index (κ2) is 8.17. The molecule has 1 atom stereocenters. The predicted molar refractivity (Wildman–Crippen MR) is 118 cm³/mol. The van der Waals surface area contributed by atoms with Crippen LogP contribution in [0, 0.1) is 13.8 Å². The third kappa shape index (κ3) is 3.94. The van der Waals surface area contributed by atoms with Gasteiger partial charge in [0, 0.05) is 30.7 Å². The van der Waals surface area contributed by atoms with Gasteiger partial charge in [-0.2, -0.15) is 10.2 Å². The molecule has 162 valence electrons. The van der Waals surface area contributed by atoms with Crippen molar-refractivity contribution in [2.75, 3.05) is 18.0 Å². The van der Waals surface area contributed by atoms with Crippen LogP contribution in [0.1, 0.15) is 70.3 Å². The topological polar surface area (TPSA) is 91.7 Å². The summed E-state index contributed by atoms with van der Waals surface area (Å²) in [5, 5.41) is 14.9. The zero-order chi connectivity index (χ0) is 21.4. The van der Waals surface area contributed by atoms with Gasteiger partial charge in [0.05, 0.1) is 30.0 Å². The number of anilines is 1. The van der Waals surface area contributed by atoms with Crippen LogP contribution in [0.15, 0.2) is 24.5 Å². The summed E-state index contributed by atoms with van der Waals surface area (Å²) in [4.78, 5) is 19.9. The molecule has 1 saturated heterocycles. The molecule has 2 N–H and O–H groups in total. The fraction of sp³-hybridized carbons (Fsp3) is 0.478. The number of hydrogen-bond acceptors (Lipinski definition) is 5. The largest absolute Gasteiger partial charge is 0.357 e. The molecular formula is C23H29N7O. The molecule has 1 aliphatic heterocycles.